The zero-order valence-corrected chi connectivity index (χ0v) is 13.5. The van der Waals surface area contributed by atoms with Crippen molar-refractivity contribution in [1.82, 2.24) is 25.0 Å². The van der Waals surface area contributed by atoms with E-state index in [0.717, 1.165) is 44.6 Å². The first kappa shape index (κ1) is 15.7. The molecule has 1 N–H and O–H groups in total. The number of nitrogens with one attached hydrogen (secondary N) is 1. The standard InChI is InChI=1S/C17H23N5O/c1-21(13-14-5-2-3-9-18-14)15-6-4-11-22(12-8-15)17(23)16-7-10-19-20-16/h2-3,5,7,9-10,15H,4,6,8,11-13H2,1H3,(H,19,20)/t15-/m0/s1. The van der Waals surface area contributed by atoms with Crippen LogP contribution in [0.5, 0.6) is 0 Å². The number of carbonyl (C=O) groups is 1. The van der Waals surface area contributed by atoms with Gasteiger partial charge in [0.15, 0.2) is 0 Å². The summed E-state index contributed by atoms with van der Waals surface area (Å²) in [6.45, 7) is 2.45. The molecule has 0 unspecified atom stereocenters. The number of carbonyl (C=O) groups excluding carboxylic acids is 1. The fourth-order valence-electron chi connectivity index (χ4n) is 3.14. The van der Waals surface area contributed by atoms with E-state index in [1.165, 1.54) is 0 Å². The number of hydrogen-bond acceptors (Lipinski definition) is 4. The van der Waals surface area contributed by atoms with Crippen LogP contribution in [0.15, 0.2) is 36.7 Å². The lowest BCUT2D eigenvalue weighted by Crippen LogP contribution is -2.35. The van der Waals surface area contributed by atoms with Gasteiger partial charge in [-0.15, -0.1) is 0 Å². The van der Waals surface area contributed by atoms with E-state index in [9.17, 15) is 4.79 Å². The number of likely N-dealkylation sites (tertiary alicyclic amines) is 1. The molecule has 1 aliphatic heterocycles. The number of pyridine rings is 1. The maximum absolute atomic E-state index is 12.4. The summed E-state index contributed by atoms with van der Waals surface area (Å²) in [5, 5.41) is 6.63. The quantitative estimate of drug-likeness (QED) is 0.937. The van der Waals surface area contributed by atoms with Gasteiger partial charge in [-0.25, -0.2) is 0 Å². The van der Waals surface area contributed by atoms with Crippen molar-refractivity contribution in [3.8, 4) is 0 Å². The summed E-state index contributed by atoms with van der Waals surface area (Å²) >= 11 is 0. The molecule has 23 heavy (non-hydrogen) atoms. The Labute approximate surface area is 136 Å². The molecule has 2 aromatic heterocycles. The number of nitrogens with zero attached hydrogens (tertiary/aromatic N) is 4. The Morgan fingerprint density at radius 3 is 2.96 bits per heavy atom. The van der Waals surface area contributed by atoms with Crippen molar-refractivity contribution in [3.63, 3.8) is 0 Å². The second-order valence-corrected chi connectivity index (χ2v) is 6.08. The van der Waals surface area contributed by atoms with Crippen LogP contribution >= 0.6 is 0 Å². The monoisotopic (exact) mass is 313 g/mol. The van der Waals surface area contributed by atoms with E-state index < -0.39 is 0 Å². The van der Waals surface area contributed by atoms with Crippen LogP contribution < -0.4 is 0 Å². The van der Waals surface area contributed by atoms with Crippen LogP contribution in [0.2, 0.25) is 0 Å². The smallest absolute Gasteiger partial charge is 0.271 e. The molecule has 3 heterocycles. The van der Waals surface area contributed by atoms with E-state index in [1.807, 2.05) is 23.2 Å². The molecule has 0 aliphatic carbocycles. The number of amides is 1. The fourth-order valence-corrected chi connectivity index (χ4v) is 3.14. The normalized spacial score (nSPS) is 18.9. The Balaban J connectivity index is 1.56. The number of rotatable bonds is 4. The fraction of sp³-hybridized carbons (Fsp3) is 0.471. The van der Waals surface area contributed by atoms with E-state index >= 15 is 0 Å². The lowest BCUT2D eigenvalue weighted by molar-refractivity contribution is 0.0751. The highest BCUT2D eigenvalue weighted by Crippen LogP contribution is 2.18. The largest absolute Gasteiger partial charge is 0.337 e. The molecule has 1 amide bonds. The lowest BCUT2D eigenvalue weighted by Gasteiger charge is -2.27. The first-order chi connectivity index (χ1) is 11.2. The van der Waals surface area contributed by atoms with Crippen LogP contribution in [-0.2, 0) is 6.54 Å². The Morgan fingerprint density at radius 2 is 2.22 bits per heavy atom. The maximum Gasteiger partial charge on any atom is 0.271 e. The summed E-state index contributed by atoms with van der Waals surface area (Å²) < 4.78 is 0. The minimum Gasteiger partial charge on any atom is -0.337 e. The van der Waals surface area contributed by atoms with Gasteiger partial charge in [0.1, 0.15) is 5.69 Å². The molecule has 0 bridgehead atoms. The summed E-state index contributed by atoms with van der Waals surface area (Å²) in [6, 6.07) is 8.23. The molecule has 1 aliphatic rings. The highest BCUT2D eigenvalue weighted by molar-refractivity contribution is 5.92. The van der Waals surface area contributed by atoms with Crippen molar-refractivity contribution < 1.29 is 4.79 Å². The topological polar surface area (TPSA) is 65.1 Å². The Kier molecular flexibility index (Phi) is 5.02. The van der Waals surface area contributed by atoms with E-state index in [-0.39, 0.29) is 5.91 Å². The van der Waals surface area contributed by atoms with E-state index in [0.29, 0.717) is 11.7 Å². The van der Waals surface area contributed by atoms with Crippen LogP contribution in [0.1, 0.15) is 35.4 Å². The Bertz CT molecular complexity index is 613. The third-order valence-electron chi connectivity index (χ3n) is 4.48. The summed E-state index contributed by atoms with van der Waals surface area (Å²) in [6.07, 6.45) is 6.58. The van der Waals surface area contributed by atoms with Crippen molar-refractivity contribution in [3.05, 3.63) is 48.0 Å². The zero-order valence-electron chi connectivity index (χ0n) is 13.5. The van der Waals surface area contributed by atoms with Gasteiger partial charge in [-0.2, -0.15) is 5.10 Å². The van der Waals surface area contributed by atoms with Gasteiger partial charge in [0, 0.05) is 38.1 Å². The number of aromatic nitrogens is 3. The van der Waals surface area contributed by atoms with Crippen molar-refractivity contribution in [2.75, 3.05) is 20.1 Å². The van der Waals surface area contributed by atoms with Gasteiger partial charge >= 0.3 is 0 Å². The average molecular weight is 313 g/mol. The highest BCUT2D eigenvalue weighted by atomic mass is 16.2. The Hall–Kier alpha value is -2.21. The minimum atomic E-state index is 0.0514. The predicted octanol–water partition coefficient (Wildman–Crippen LogP) is 1.93. The van der Waals surface area contributed by atoms with Crippen LogP contribution in [0, 0.1) is 0 Å². The third-order valence-corrected chi connectivity index (χ3v) is 4.48. The van der Waals surface area contributed by atoms with Crippen molar-refractivity contribution >= 4 is 5.91 Å². The number of aromatic amines is 1. The van der Waals surface area contributed by atoms with Gasteiger partial charge in [0.2, 0.25) is 0 Å². The van der Waals surface area contributed by atoms with Crippen molar-refractivity contribution in [2.24, 2.45) is 0 Å². The van der Waals surface area contributed by atoms with E-state index in [1.54, 1.807) is 12.3 Å². The van der Waals surface area contributed by atoms with Gasteiger partial charge in [-0.1, -0.05) is 6.07 Å². The predicted molar refractivity (Wildman–Crippen MR) is 87.8 cm³/mol. The van der Waals surface area contributed by atoms with Crippen LogP contribution in [0.4, 0.5) is 0 Å². The second kappa shape index (κ2) is 7.37. The van der Waals surface area contributed by atoms with Crippen molar-refractivity contribution in [2.45, 2.75) is 31.8 Å². The molecule has 1 saturated heterocycles. The SMILES string of the molecule is CN(Cc1ccccn1)[C@H]1CCCN(C(=O)c2ccn[nH]2)CC1. The van der Waals surface area contributed by atoms with Gasteiger partial charge < -0.3 is 4.90 Å². The Morgan fingerprint density at radius 1 is 1.30 bits per heavy atom. The van der Waals surface area contributed by atoms with E-state index in [2.05, 4.69) is 33.2 Å². The van der Waals surface area contributed by atoms with Gasteiger partial charge in [0.25, 0.3) is 5.91 Å². The van der Waals surface area contributed by atoms with Gasteiger partial charge in [-0.3, -0.25) is 19.8 Å². The number of H-pyrrole nitrogens is 1. The van der Waals surface area contributed by atoms with Gasteiger partial charge in [-0.05, 0) is 44.5 Å². The first-order valence-corrected chi connectivity index (χ1v) is 8.13. The summed E-state index contributed by atoms with van der Waals surface area (Å²) in [4.78, 5) is 21.1. The van der Waals surface area contributed by atoms with E-state index in [4.69, 9.17) is 0 Å². The molecule has 1 atom stereocenters. The summed E-state index contributed by atoms with van der Waals surface area (Å²) in [7, 11) is 2.14. The second-order valence-electron chi connectivity index (χ2n) is 6.08. The zero-order chi connectivity index (χ0) is 16.1. The first-order valence-electron chi connectivity index (χ1n) is 8.13. The van der Waals surface area contributed by atoms with Crippen LogP contribution in [0.25, 0.3) is 0 Å². The summed E-state index contributed by atoms with van der Waals surface area (Å²) in [5.41, 5.74) is 1.66. The molecular weight excluding hydrogens is 290 g/mol. The summed E-state index contributed by atoms with van der Waals surface area (Å²) in [5.74, 6) is 0.0514. The molecule has 1 fully saturated rings. The molecule has 6 heteroatoms. The third kappa shape index (κ3) is 3.96. The molecule has 3 rings (SSSR count). The van der Waals surface area contributed by atoms with Crippen LogP contribution in [-0.4, -0.2) is 57.1 Å². The van der Waals surface area contributed by atoms with Crippen LogP contribution in [0.3, 0.4) is 0 Å². The van der Waals surface area contributed by atoms with Gasteiger partial charge in [0.05, 0.1) is 5.69 Å². The average Bonchev–Trinajstić information content (AvgIpc) is 2.99. The molecule has 122 valence electrons. The molecule has 0 radical (unpaired) electrons. The molecule has 6 nitrogen and oxygen atoms in total. The lowest BCUT2D eigenvalue weighted by atomic mass is 10.1. The molecule has 2 aromatic rings. The molecular formula is C17H23N5O. The molecule has 0 spiro atoms. The molecule has 0 aromatic carbocycles. The molecule has 0 saturated carbocycles. The number of hydrogen-bond donors (Lipinski definition) is 1. The maximum atomic E-state index is 12.4. The highest BCUT2D eigenvalue weighted by Gasteiger charge is 2.24. The van der Waals surface area contributed by atoms with Crippen molar-refractivity contribution in [1.29, 1.82) is 0 Å². The minimum absolute atomic E-state index is 0.0514.